The number of rotatable bonds is 4. The van der Waals surface area contributed by atoms with Gasteiger partial charge in [-0.1, -0.05) is 34.1 Å². The normalized spacial score (nSPS) is 11.4. The van der Waals surface area contributed by atoms with Gasteiger partial charge in [0.15, 0.2) is 0 Å². The van der Waals surface area contributed by atoms with Crippen molar-refractivity contribution in [2.24, 2.45) is 0 Å². The highest BCUT2D eigenvalue weighted by molar-refractivity contribution is 9.10. The molecule has 0 aliphatic carbocycles. The van der Waals surface area contributed by atoms with Crippen LogP contribution in [0.2, 0.25) is 0 Å². The maximum Gasteiger partial charge on any atom is 0.337 e. The van der Waals surface area contributed by atoms with Crippen LogP contribution in [-0.4, -0.2) is 23.0 Å². The molecule has 0 fully saturated rings. The molecule has 5 nitrogen and oxygen atoms in total. The summed E-state index contributed by atoms with van der Waals surface area (Å²) in [6, 6.07) is 14.1. The van der Waals surface area contributed by atoms with E-state index in [1.54, 1.807) is 32.0 Å². The van der Waals surface area contributed by atoms with E-state index in [9.17, 15) is 19.1 Å². The SMILES string of the molecule is CC(C)N(C(=O)c1ccc(Br)cc1F)c1cc2c(cc1C(=O)O)oc1ccccc12. The van der Waals surface area contributed by atoms with Gasteiger partial charge in [0.2, 0.25) is 0 Å². The monoisotopic (exact) mass is 469 g/mol. The van der Waals surface area contributed by atoms with Gasteiger partial charge in [0.05, 0.1) is 16.8 Å². The highest BCUT2D eigenvalue weighted by atomic mass is 79.9. The van der Waals surface area contributed by atoms with Crippen molar-refractivity contribution in [1.82, 2.24) is 0 Å². The number of amides is 1. The molecule has 30 heavy (non-hydrogen) atoms. The number of carbonyl (C=O) groups is 2. The molecule has 0 atom stereocenters. The first-order valence-electron chi connectivity index (χ1n) is 9.25. The lowest BCUT2D eigenvalue weighted by Crippen LogP contribution is -2.38. The molecular weight excluding hydrogens is 453 g/mol. The van der Waals surface area contributed by atoms with Crippen LogP contribution in [0.1, 0.15) is 34.6 Å². The zero-order valence-electron chi connectivity index (χ0n) is 16.1. The van der Waals surface area contributed by atoms with E-state index in [0.29, 0.717) is 21.0 Å². The second-order valence-electron chi connectivity index (χ2n) is 7.16. The molecule has 0 spiro atoms. The number of carboxylic acid groups (broad SMARTS) is 1. The number of benzene rings is 3. The number of hydrogen-bond donors (Lipinski definition) is 1. The Morgan fingerprint density at radius 3 is 2.40 bits per heavy atom. The predicted molar refractivity (Wildman–Crippen MR) is 117 cm³/mol. The number of anilines is 1. The van der Waals surface area contributed by atoms with Crippen molar-refractivity contribution in [3.8, 4) is 0 Å². The van der Waals surface area contributed by atoms with Crippen LogP contribution < -0.4 is 4.90 Å². The van der Waals surface area contributed by atoms with Crippen molar-refractivity contribution >= 4 is 55.4 Å². The number of para-hydroxylation sites is 1. The Morgan fingerprint density at radius 1 is 1.00 bits per heavy atom. The summed E-state index contributed by atoms with van der Waals surface area (Å²) in [5, 5.41) is 11.3. The fourth-order valence-corrected chi connectivity index (χ4v) is 3.88. The molecule has 0 radical (unpaired) electrons. The molecular formula is C23H17BrFNO4. The number of carboxylic acids is 1. The molecule has 1 aromatic heterocycles. The number of carbonyl (C=O) groups excluding carboxylic acids is 1. The Bertz CT molecular complexity index is 1310. The van der Waals surface area contributed by atoms with Gasteiger partial charge in [-0.25, -0.2) is 9.18 Å². The molecule has 152 valence electrons. The molecule has 0 saturated heterocycles. The summed E-state index contributed by atoms with van der Waals surface area (Å²) in [6.07, 6.45) is 0. The van der Waals surface area contributed by atoms with E-state index in [1.807, 2.05) is 18.2 Å². The van der Waals surface area contributed by atoms with Gasteiger partial charge < -0.3 is 14.4 Å². The van der Waals surface area contributed by atoms with Gasteiger partial charge in [0.1, 0.15) is 17.0 Å². The molecule has 1 N–H and O–H groups in total. The van der Waals surface area contributed by atoms with E-state index in [-0.39, 0.29) is 16.8 Å². The molecule has 7 heteroatoms. The van der Waals surface area contributed by atoms with Gasteiger partial charge in [-0.05, 0) is 50.2 Å². The molecule has 1 heterocycles. The molecule has 0 saturated carbocycles. The minimum absolute atomic E-state index is 0.0962. The Balaban J connectivity index is 1.97. The van der Waals surface area contributed by atoms with Crippen LogP contribution in [0, 0.1) is 5.82 Å². The summed E-state index contributed by atoms with van der Waals surface area (Å²) >= 11 is 3.18. The largest absolute Gasteiger partial charge is 0.478 e. The second-order valence-corrected chi connectivity index (χ2v) is 8.08. The highest BCUT2D eigenvalue weighted by Gasteiger charge is 2.28. The van der Waals surface area contributed by atoms with Crippen molar-refractivity contribution in [1.29, 1.82) is 0 Å². The minimum Gasteiger partial charge on any atom is -0.478 e. The standard InChI is InChI=1S/C23H17BrFNO4/c1-12(2)26(22(27)15-8-7-13(24)9-18(15)25)19-10-16-14-5-3-4-6-20(14)30-21(16)11-17(19)23(28)29/h3-12H,1-2H3,(H,28,29). The van der Waals surface area contributed by atoms with Crippen molar-refractivity contribution in [2.75, 3.05) is 4.90 Å². The van der Waals surface area contributed by atoms with E-state index >= 15 is 0 Å². The van der Waals surface area contributed by atoms with Crippen molar-refractivity contribution in [3.05, 3.63) is 76.0 Å². The number of fused-ring (bicyclic) bond motifs is 3. The zero-order valence-corrected chi connectivity index (χ0v) is 17.7. The molecule has 4 aromatic rings. The van der Waals surface area contributed by atoms with Gasteiger partial charge in [0.25, 0.3) is 5.91 Å². The lowest BCUT2D eigenvalue weighted by Gasteiger charge is -2.28. The predicted octanol–water partition coefficient (Wildman–Crippen LogP) is 6.24. The van der Waals surface area contributed by atoms with Gasteiger partial charge in [0, 0.05) is 21.3 Å². The van der Waals surface area contributed by atoms with E-state index < -0.39 is 23.7 Å². The van der Waals surface area contributed by atoms with Gasteiger partial charge in [-0.15, -0.1) is 0 Å². The molecule has 0 aliphatic heterocycles. The van der Waals surface area contributed by atoms with E-state index in [4.69, 9.17) is 4.42 Å². The van der Waals surface area contributed by atoms with Gasteiger partial charge >= 0.3 is 5.97 Å². The first kappa shape index (κ1) is 20.1. The first-order chi connectivity index (χ1) is 14.3. The molecule has 3 aromatic carbocycles. The van der Waals surface area contributed by atoms with Crippen LogP contribution in [0.15, 0.2) is 63.5 Å². The molecule has 0 bridgehead atoms. The van der Waals surface area contributed by atoms with Crippen LogP contribution in [-0.2, 0) is 0 Å². The topological polar surface area (TPSA) is 70.8 Å². The average Bonchev–Trinajstić information content (AvgIpc) is 3.04. The molecule has 1 amide bonds. The lowest BCUT2D eigenvalue weighted by molar-refractivity contribution is 0.0697. The number of halogens is 2. The summed E-state index contributed by atoms with van der Waals surface area (Å²) in [4.78, 5) is 26.6. The molecule has 0 aliphatic rings. The smallest absolute Gasteiger partial charge is 0.337 e. The third-order valence-electron chi connectivity index (χ3n) is 4.88. The van der Waals surface area contributed by atoms with Crippen molar-refractivity contribution in [2.45, 2.75) is 19.9 Å². The third kappa shape index (κ3) is 3.35. The average molecular weight is 470 g/mol. The Kier molecular flexibility index (Phi) is 5.07. The summed E-state index contributed by atoms with van der Waals surface area (Å²) in [5.74, 6) is -2.52. The fraction of sp³-hybridized carbons (Fsp3) is 0.130. The second kappa shape index (κ2) is 7.57. The van der Waals surface area contributed by atoms with E-state index in [2.05, 4.69) is 15.9 Å². The summed E-state index contributed by atoms with van der Waals surface area (Å²) in [7, 11) is 0. The summed E-state index contributed by atoms with van der Waals surface area (Å²) < 4.78 is 20.8. The Hall–Kier alpha value is -3.19. The quantitative estimate of drug-likeness (QED) is 0.383. The summed E-state index contributed by atoms with van der Waals surface area (Å²) in [6.45, 7) is 3.50. The number of aromatic carboxylic acids is 1. The van der Waals surface area contributed by atoms with Gasteiger partial charge in [-0.3, -0.25) is 4.79 Å². The van der Waals surface area contributed by atoms with Crippen molar-refractivity contribution < 1.29 is 23.5 Å². The lowest BCUT2D eigenvalue weighted by atomic mass is 10.0. The van der Waals surface area contributed by atoms with Gasteiger partial charge in [-0.2, -0.15) is 0 Å². The molecule has 4 rings (SSSR count). The van der Waals surface area contributed by atoms with Crippen molar-refractivity contribution in [3.63, 3.8) is 0 Å². The minimum atomic E-state index is -1.21. The number of hydrogen-bond acceptors (Lipinski definition) is 3. The molecule has 0 unspecified atom stereocenters. The highest BCUT2D eigenvalue weighted by Crippen LogP contribution is 2.36. The zero-order chi connectivity index (χ0) is 21.6. The Labute approximate surface area is 179 Å². The van der Waals surface area contributed by atoms with E-state index in [0.717, 1.165) is 5.39 Å². The fourth-order valence-electron chi connectivity index (χ4n) is 3.55. The van der Waals surface area contributed by atoms with Crippen LogP contribution in [0.25, 0.3) is 21.9 Å². The number of nitrogens with zero attached hydrogens (tertiary/aromatic N) is 1. The maximum absolute atomic E-state index is 14.5. The third-order valence-corrected chi connectivity index (χ3v) is 5.37. The van der Waals surface area contributed by atoms with Crippen LogP contribution in [0.4, 0.5) is 10.1 Å². The number of furan rings is 1. The van der Waals surface area contributed by atoms with Crippen LogP contribution >= 0.6 is 15.9 Å². The summed E-state index contributed by atoms with van der Waals surface area (Å²) in [5.41, 5.74) is 0.969. The van der Waals surface area contributed by atoms with E-state index in [1.165, 1.54) is 23.1 Å². The van der Waals surface area contributed by atoms with Crippen LogP contribution in [0.5, 0.6) is 0 Å². The van der Waals surface area contributed by atoms with Crippen LogP contribution in [0.3, 0.4) is 0 Å². The first-order valence-corrected chi connectivity index (χ1v) is 10.0. The Morgan fingerprint density at radius 2 is 1.73 bits per heavy atom. The maximum atomic E-state index is 14.5.